The highest BCUT2D eigenvalue weighted by atomic mass is 32.2. The van der Waals surface area contributed by atoms with Gasteiger partial charge in [0.1, 0.15) is 12.4 Å². The lowest BCUT2D eigenvalue weighted by Crippen LogP contribution is -2.41. The second-order valence-electron chi connectivity index (χ2n) is 6.09. The molecule has 1 aliphatic rings. The number of rotatable bonds is 7. The zero-order valence-electron chi connectivity index (χ0n) is 15.1. The standard InChI is InChI=1S/C19H22N2O5S/c1-25-17-4-2-3-15(13-17)9-10-20-27(23,24)18-7-5-16(6-8-18)21-11-12-26-14-19(21)22/h2-8,13,20H,9-12,14H2,1H3. The molecule has 8 heteroatoms. The number of morpholine rings is 1. The molecule has 1 fully saturated rings. The second kappa shape index (κ2) is 8.51. The molecule has 0 radical (unpaired) electrons. The van der Waals surface area contributed by atoms with Crippen LogP contribution in [-0.2, 0) is 26.0 Å². The van der Waals surface area contributed by atoms with Crippen molar-refractivity contribution >= 4 is 21.6 Å². The second-order valence-corrected chi connectivity index (χ2v) is 7.86. The molecule has 1 saturated heterocycles. The van der Waals surface area contributed by atoms with Crippen molar-refractivity contribution in [2.45, 2.75) is 11.3 Å². The first-order valence-electron chi connectivity index (χ1n) is 8.60. The van der Waals surface area contributed by atoms with E-state index in [1.54, 1.807) is 24.1 Å². The first kappa shape index (κ1) is 19.3. The number of anilines is 1. The summed E-state index contributed by atoms with van der Waals surface area (Å²) in [6, 6.07) is 13.8. The van der Waals surface area contributed by atoms with Crippen LogP contribution in [0.3, 0.4) is 0 Å². The summed E-state index contributed by atoms with van der Waals surface area (Å²) in [5, 5.41) is 0. The molecule has 2 aromatic carbocycles. The van der Waals surface area contributed by atoms with Crippen LogP contribution in [0.1, 0.15) is 5.56 Å². The number of carbonyl (C=O) groups excluding carboxylic acids is 1. The van der Waals surface area contributed by atoms with E-state index in [9.17, 15) is 13.2 Å². The summed E-state index contributed by atoms with van der Waals surface area (Å²) < 4.78 is 37.8. The van der Waals surface area contributed by atoms with E-state index in [0.717, 1.165) is 11.3 Å². The molecule has 0 aromatic heterocycles. The Kier molecular flexibility index (Phi) is 6.10. The number of amides is 1. The summed E-state index contributed by atoms with van der Waals surface area (Å²) in [5.74, 6) is 0.608. The minimum absolute atomic E-state index is 0.0475. The Balaban J connectivity index is 1.61. The Hall–Kier alpha value is -2.42. The van der Waals surface area contributed by atoms with Gasteiger partial charge in [0.05, 0.1) is 18.6 Å². The molecule has 3 rings (SSSR count). The van der Waals surface area contributed by atoms with Crippen LogP contribution in [0.15, 0.2) is 53.4 Å². The Morgan fingerprint density at radius 1 is 1.19 bits per heavy atom. The highest BCUT2D eigenvalue weighted by Gasteiger charge is 2.21. The van der Waals surface area contributed by atoms with Crippen LogP contribution in [0.5, 0.6) is 5.75 Å². The molecular formula is C19H22N2O5S. The van der Waals surface area contributed by atoms with Gasteiger partial charge in [0.25, 0.3) is 5.91 Å². The zero-order chi connectivity index (χ0) is 19.3. The maximum Gasteiger partial charge on any atom is 0.253 e. The maximum absolute atomic E-state index is 12.5. The zero-order valence-corrected chi connectivity index (χ0v) is 15.9. The van der Waals surface area contributed by atoms with Crippen molar-refractivity contribution in [1.82, 2.24) is 4.72 Å². The molecule has 2 aromatic rings. The molecule has 0 bridgehead atoms. The van der Waals surface area contributed by atoms with Gasteiger partial charge in [0.15, 0.2) is 0 Å². The van der Waals surface area contributed by atoms with Gasteiger partial charge in [-0.2, -0.15) is 0 Å². The number of carbonyl (C=O) groups is 1. The highest BCUT2D eigenvalue weighted by molar-refractivity contribution is 7.89. The first-order chi connectivity index (χ1) is 13.0. The van der Waals surface area contributed by atoms with Crippen LogP contribution >= 0.6 is 0 Å². The molecule has 1 heterocycles. The van der Waals surface area contributed by atoms with E-state index in [2.05, 4.69) is 4.72 Å². The lowest BCUT2D eigenvalue weighted by Gasteiger charge is -2.26. The van der Waals surface area contributed by atoms with Crippen molar-refractivity contribution < 1.29 is 22.7 Å². The Labute approximate surface area is 158 Å². The van der Waals surface area contributed by atoms with Crippen LogP contribution < -0.4 is 14.4 Å². The summed E-state index contributed by atoms with van der Waals surface area (Å²) in [4.78, 5) is 13.6. The summed E-state index contributed by atoms with van der Waals surface area (Å²) in [6.07, 6.45) is 0.552. The van der Waals surface area contributed by atoms with Gasteiger partial charge in [-0.25, -0.2) is 13.1 Å². The molecule has 1 N–H and O–H groups in total. The normalized spacial score (nSPS) is 15.0. The molecule has 1 amide bonds. The van der Waals surface area contributed by atoms with Crippen molar-refractivity contribution in [2.24, 2.45) is 0 Å². The number of hydrogen-bond donors (Lipinski definition) is 1. The monoisotopic (exact) mass is 390 g/mol. The van der Waals surface area contributed by atoms with Gasteiger partial charge in [-0.15, -0.1) is 0 Å². The van der Waals surface area contributed by atoms with Gasteiger partial charge in [-0.1, -0.05) is 12.1 Å². The third kappa shape index (κ3) is 4.85. The lowest BCUT2D eigenvalue weighted by atomic mass is 10.1. The molecule has 144 valence electrons. The quantitative estimate of drug-likeness (QED) is 0.776. The van der Waals surface area contributed by atoms with Gasteiger partial charge in [0, 0.05) is 18.8 Å². The smallest absolute Gasteiger partial charge is 0.253 e. The topological polar surface area (TPSA) is 84.9 Å². The van der Waals surface area contributed by atoms with Crippen molar-refractivity contribution in [3.8, 4) is 5.75 Å². The van der Waals surface area contributed by atoms with E-state index < -0.39 is 10.0 Å². The molecule has 7 nitrogen and oxygen atoms in total. The fourth-order valence-corrected chi connectivity index (χ4v) is 3.87. The SMILES string of the molecule is COc1cccc(CCNS(=O)(=O)c2ccc(N3CCOCC3=O)cc2)c1. The summed E-state index contributed by atoms with van der Waals surface area (Å²) in [5.41, 5.74) is 1.65. The number of methoxy groups -OCH3 is 1. The Morgan fingerprint density at radius 3 is 2.67 bits per heavy atom. The molecule has 0 saturated carbocycles. The van der Waals surface area contributed by atoms with Gasteiger partial charge < -0.3 is 14.4 Å². The third-order valence-corrected chi connectivity index (χ3v) is 5.76. The molecule has 0 unspecified atom stereocenters. The van der Waals surface area contributed by atoms with Gasteiger partial charge in [-0.3, -0.25) is 4.79 Å². The fraction of sp³-hybridized carbons (Fsp3) is 0.316. The van der Waals surface area contributed by atoms with E-state index in [1.165, 1.54) is 12.1 Å². The predicted molar refractivity (Wildman–Crippen MR) is 102 cm³/mol. The number of nitrogens with zero attached hydrogens (tertiary/aromatic N) is 1. The Bertz CT molecular complexity index is 897. The first-order valence-corrected chi connectivity index (χ1v) is 10.1. The van der Waals surface area contributed by atoms with Crippen molar-refractivity contribution in [3.63, 3.8) is 0 Å². The number of hydrogen-bond acceptors (Lipinski definition) is 5. The number of ether oxygens (including phenoxy) is 2. The lowest BCUT2D eigenvalue weighted by molar-refractivity contribution is -0.125. The van der Waals surface area contributed by atoms with Crippen LogP contribution in [0.4, 0.5) is 5.69 Å². The van der Waals surface area contributed by atoms with Gasteiger partial charge >= 0.3 is 0 Å². The van der Waals surface area contributed by atoms with Crippen LogP contribution in [-0.4, -0.2) is 47.7 Å². The van der Waals surface area contributed by atoms with Gasteiger partial charge in [0.2, 0.25) is 10.0 Å². The number of nitrogens with one attached hydrogen (secondary N) is 1. The summed E-state index contributed by atoms with van der Waals surface area (Å²) >= 11 is 0. The molecule has 0 atom stereocenters. The highest BCUT2D eigenvalue weighted by Crippen LogP contribution is 2.20. The van der Waals surface area contributed by atoms with E-state index in [-0.39, 0.29) is 24.0 Å². The van der Waals surface area contributed by atoms with E-state index in [4.69, 9.17) is 9.47 Å². The van der Waals surface area contributed by atoms with Crippen molar-refractivity contribution in [1.29, 1.82) is 0 Å². The Morgan fingerprint density at radius 2 is 1.96 bits per heavy atom. The number of benzene rings is 2. The molecule has 27 heavy (non-hydrogen) atoms. The van der Waals surface area contributed by atoms with Gasteiger partial charge in [-0.05, 0) is 48.4 Å². The summed E-state index contributed by atoms with van der Waals surface area (Å²) in [7, 11) is -2.02. The van der Waals surface area contributed by atoms with Crippen molar-refractivity contribution in [3.05, 3.63) is 54.1 Å². The average Bonchev–Trinajstić information content (AvgIpc) is 2.68. The van der Waals surface area contributed by atoms with E-state index >= 15 is 0 Å². The van der Waals surface area contributed by atoms with E-state index in [0.29, 0.717) is 25.3 Å². The minimum atomic E-state index is -3.62. The van der Waals surface area contributed by atoms with Crippen LogP contribution in [0.25, 0.3) is 0 Å². The molecular weight excluding hydrogens is 368 g/mol. The summed E-state index contributed by atoms with van der Waals surface area (Å²) in [6.45, 7) is 1.26. The van der Waals surface area contributed by atoms with Crippen LogP contribution in [0, 0.1) is 0 Å². The van der Waals surface area contributed by atoms with E-state index in [1.807, 2.05) is 24.3 Å². The minimum Gasteiger partial charge on any atom is -0.497 e. The third-order valence-electron chi connectivity index (χ3n) is 4.28. The molecule has 1 aliphatic heterocycles. The largest absolute Gasteiger partial charge is 0.497 e. The number of sulfonamides is 1. The average molecular weight is 390 g/mol. The van der Waals surface area contributed by atoms with Crippen molar-refractivity contribution in [2.75, 3.05) is 38.3 Å². The predicted octanol–water partition coefficient (Wildman–Crippen LogP) is 1.58. The maximum atomic E-state index is 12.5. The van der Waals surface area contributed by atoms with Crippen LogP contribution in [0.2, 0.25) is 0 Å². The fourth-order valence-electron chi connectivity index (χ4n) is 2.84. The molecule has 0 aliphatic carbocycles. The molecule has 0 spiro atoms.